The summed E-state index contributed by atoms with van der Waals surface area (Å²) in [7, 11) is 2.01. The standard InChI is InChI=1S/C19H26N4O2/c1-16(25-17-7-4-3-5-8-17)19(24)23-11-6-10-22(13-14-23)15-18-20-9-12-21(18)2/h3-5,7-9,12,16H,6,10-11,13-15H2,1-2H3/t16-/m1/s1. The van der Waals surface area contributed by atoms with E-state index in [1.54, 1.807) is 0 Å². The third kappa shape index (κ3) is 4.60. The molecular formula is C19H26N4O2. The Hall–Kier alpha value is -2.34. The molecule has 6 heteroatoms. The Balaban J connectivity index is 1.53. The van der Waals surface area contributed by atoms with E-state index in [0.717, 1.165) is 50.7 Å². The zero-order valence-corrected chi connectivity index (χ0v) is 15.0. The van der Waals surface area contributed by atoms with Crippen LogP contribution in [0.15, 0.2) is 42.7 Å². The molecule has 25 heavy (non-hydrogen) atoms. The van der Waals surface area contributed by atoms with Crippen LogP contribution in [0, 0.1) is 0 Å². The van der Waals surface area contributed by atoms with E-state index in [1.807, 2.05) is 66.2 Å². The molecule has 1 aromatic carbocycles. The highest BCUT2D eigenvalue weighted by Crippen LogP contribution is 2.14. The highest BCUT2D eigenvalue weighted by atomic mass is 16.5. The van der Waals surface area contributed by atoms with Crippen molar-refractivity contribution in [2.24, 2.45) is 7.05 Å². The molecule has 1 atom stereocenters. The monoisotopic (exact) mass is 342 g/mol. The van der Waals surface area contributed by atoms with Gasteiger partial charge in [0, 0.05) is 45.6 Å². The number of aromatic nitrogens is 2. The highest BCUT2D eigenvalue weighted by Gasteiger charge is 2.25. The number of amides is 1. The first-order chi connectivity index (χ1) is 12.1. The summed E-state index contributed by atoms with van der Waals surface area (Å²) in [6.45, 7) is 5.98. The fraction of sp³-hybridized carbons (Fsp3) is 0.474. The van der Waals surface area contributed by atoms with E-state index in [-0.39, 0.29) is 5.91 Å². The molecule has 1 aliphatic heterocycles. The molecule has 1 amide bonds. The molecule has 0 spiro atoms. The van der Waals surface area contributed by atoms with Gasteiger partial charge in [0.25, 0.3) is 5.91 Å². The number of aryl methyl sites for hydroxylation is 1. The first-order valence-corrected chi connectivity index (χ1v) is 8.82. The fourth-order valence-corrected chi connectivity index (χ4v) is 3.11. The van der Waals surface area contributed by atoms with Gasteiger partial charge in [-0.2, -0.15) is 0 Å². The number of hydrogen-bond donors (Lipinski definition) is 0. The van der Waals surface area contributed by atoms with Crippen LogP contribution in [-0.4, -0.2) is 57.5 Å². The Morgan fingerprint density at radius 2 is 2.00 bits per heavy atom. The second-order valence-corrected chi connectivity index (χ2v) is 6.48. The maximum absolute atomic E-state index is 12.7. The average molecular weight is 342 g/mol. The number of carbonyl (C=O) groups excluding carboxylic acids is 1. The summed E-state index contributed by atoms with van der Waals surface area (Å²) in [5.74, 6) is 1.85. The lowest BCUT2D eigenvalue weighted by Crippen LogP contribution is -2.42. The number of nitrogens with zero attached hydrogens (tertiary/aromatic N) is 4. The molecule has 1 aliphatic rings. The molecule has 0 aliphatic carbocycles. The Morgan fingerprint density at radius 3 is 2.72 bits per heavy atom. The van der Waals surface area contributed by atoms with Crippen molar-refractivity contribution in [2.75, 3.05) is 26.2 Å². The zero-order chi connectivity index (χ0) is 17.6. The highest BCUT2D eigenvalue weighted by molar-refractivity contribution is 5.81. The third-order valence-corrected chi connectivity index (χ3v) is 4.59. The smallest absolute Gasteiger partial charge is 0.263 e. The van der Waals surface area contributed by atoms with E-state index in [4.69, 9.17) is 4.74 Å². The molecule has 3 rings (SSSR count). The van der Waals surface area contributed by atoms with Gasteiger partial charge in [0.2, 0.25) is 0 Å². The van der Waals surface area contributed by atoms with Crippen molar-refractivity contribution in [3.05, 3.63) is 48.5 Å². The van der Waals surface area contributed by atoms with Gasteiger partial charge >= 0.3 is 0 Å². The summed E-state index contributed by atoms with van der Waals surface area (Å²) >= 11 is 0. The van der Waals surface area contributed by atoms with Crippen molar-refractivity contribution in [1.82, 2.24) is 19.4 Å². The van der Waals surface area contributed by atoms with Crippen molar-refractivity contribution in [3.8, 4) is 5.75 Å². The Labute approximate surface area is 149 Å². The minimum atomic E-state index is -0.469. The van der Waals surface area contributed by atoms with Crippen molar-refractivity contribution >= 4 is 5.91 Å². The van der Waals surface area contributed by atoms with E-state index in [0.29, 0.717) is 0 Å². The van der Waals surface area contributed by atoms with E-state index in [2.05, 4.69) is 9.88 Å². The van der Waals surface area contributed by atoms with E-state index < -0.39 is 6.10 Å². The molecule has 0 bridgehead atoms. The van der Waals surface area contributed by atoms with Crippen molar-refractivity contribution in [2.45, 2.75) is 26.0 Å². The van der Waals surface area contributed by atoms with E-state index >= 15 is 0 Å². The fourth-order valence-electron chi connectivity index (χ4n) is 3.11. The SMILES string of the molecule is C[C@@H](Oc1ccccc1)C(=O)N1CCCN(Cc2nccn2C)CC1. The summed E-state index contributed by atoms with van der Waals surface area (Å²) in [5, 5.41) is 0. The van der Waals surface area contributed by atoms with Gasteiger partial charge in [-0.25, -0.2) is 4.98 Å². The van der Waals surface area contributed by atoms with Gasteiger partial charge in [-0.1, -0.05) is 18.2 Å². The zero-order valence-electron chi connectivity index (χ0n) is 15.0. The Kier molecular flexibility index (Phi) is 5.71. The predicted molar refractivity (Wildman–Crippen MR) is 96.2 cm³/mol. The molecule has 1 aromatic heterocycles. The largest absolute Gasteiger partial charge is 0.481 e. The number of hydrogen-bond acceptors (Lipinski definition) is 4. The molecule has 1 fully saturated rings. The molecule has 2 heterocycles. The minimum absolute atomic E-state index is 0.0581. The number of para-hydroxylation sites is 1. The molecule has 134 valence electrons. The van der Waals surface area contributed by atoms with Crippen LogP contribution in [0.1, 0.15) is 19.2 Å². The summed E-state index contributed by atoms with van der Waals surface area (Å²) in [6, 6.07) is 9.51. The molecule has 0 unspecified atom stereocenters. The second-order valence-electron chi connectivity index (χ2n) is 6.48. The van der Waals surface area contributed by atoms with Crippen LogP contribution < -0.4 is 4.74 Å². The third-order valence-electron chi connectivity index (χ3n) is 4.59. The van der Waals surface area contributed by atoms with Gasteiger partial charge in [0.1, 0.15) is 11.6 Å². The lowest BCUT2D eigenvalue weighted by molar-refractivity contribution is -0.137. The van der Waals surface area contributed by atoms with Crippen molar-refractivity contribution < 1.29 is 9.53 Å². The molecule has 0 saturated carbocycles. The minimum Gasteiger partial charge on any atom is -0.481 e. The van der Waals surface area contributed by atoms with E-state index in [1.165, 1.54) is 0 Å². The quantitative estimate of drug-likeness (QED) is 0.833. The van der Waals surface area contributed by atoms with Gasteiger partial charge in [0.15, 0.2) is 6.10 Å². The van der Waals surface area contributed by atoms with Crippen LogP contribution in [-0.2, 0) is 18.4 Å². The maximum Gasteiger partial charge on any atom is 0.263 e. The normalized spacial score (nSPS) is 17.1. The van der Waals surface area contributed by atoms with Crippen LogP contribution in [0.25, 0.3) is 0 Å². The Bertz CT molecular complexity index is 686. The Morgan fingerprint density at radius 1 is 1.20 bits per heavy atom. The van der Waals surface area contributed by atoms with Gasteiger partial charge < -0.3 is 14.2 Å². The summed E-state index contributed by atoms with van der Waals surface area (Å²) < 4.78 is 7.83. The number of carbonyl (C=O) groups is 1. The topological polar surface area (TPSA) is 50.6 Å². The van der Waals surface area contributed by atoms with Crippen LogP contribution in [0.5, 0.6) is 5.75 Å². The molecule has 0 N–H and O–H groups in total. The van der Waals surface area contributed by atoms with Crippen LogP contribution >= 0.6 is 0 Å². The van der Waals surface area contributed by atoms with Gasteiger partial charge in [-0.15, -0.1) is 0 Å². The first kappa shape index (κ1) is 17.5. The molecule has 1 saturated heterocycles. The molecule has 6 nitrogen and oxygen atoms in total. The van der Waals surface area contributed by atoms with Crippen LogP contribution in [0.4, 0.5) is 0 Å². The number of imidazole rings is 1. The van der Waals surface area contributed by atoms with Gasteiger partial charge in [-0.3, -0.25) is 9.69 Å². The summed E-state index contributed by atoms with van der Waals surface area (Å²) in [6.07, 6.45) is 4.29. The lowest BCUT2D eigenvalue weighted by Gasteiger charge is -2.25. The number of rotatable bonds is 5. The summed E-state index contributed by atoms with van der Waals surface area (Å²) in [4.78, 5) is 21.4. The summed E-state index contributed by atoms with van der Waals surface area (Å²) in [5.41, 5.74) is 0. The number of benzene rings is 1. The molecule has 2 aromatic rings. The van der Waals surface area contributed by atoms with E-state index in [9.17, 15) is 4.79 Å². The van der Waals surface area contributed by atoms with Crippen LogP contribution in [0.3, 0.4) is 0 Å². The van der Waals surface area contributed by atoms with Crippen molar-refractivity contribution in [3.63, 3.8) is 0 Å². The molecular weight excluding hydrogens is 316 g/mol. The molecule has 0 radical (unpaired) electrons. The van der Waals surface area contributed by atoms with Gasteiger partial charge in [0.05, 0.1) is 6.54 Å². The maximum atomic E-state index is 12.7. The lowest BCUT2D eigenvalue weighted by atomic mass is 10.3. The first-order valence-electron chi connectivity index (χ1n) is 8.82. The van der Waals surface area contributed by atoms with Crippen molar-refractivity contribution in [1.29, 1.82) is 0 Å². The van der Waals surface area contributed by atoms with Gasteiger partial charge in [-0.05, 0) is 25.5 Å². The number of ether oxygens (including phenoxy) is 1. The second kappa shape index (κ2) is 8.16. The van der Waals surface area contributed by atoms with Crippen LogP contribution in [0.2, 0.25) is 0 Å². The predicted octanol–water partition coefficient (Wildman–Crippen LogP) is 1.92. The average Bonchev–Trinajstić information content (AvgIpc) is 2.88.